The molecule has 6 nitrogen and oxygen atoms in total. The summed E-state index contributed by atoms with van der Waals surface area (Å²) < 4.78 is 55.0. The maximum Gasteiger partial charge on any atom is 0.255 e. The van der Waals surface area contributed by atoms with E-state index in [4.69, 9.17) is 0 Å². The number of hydrogen-bond donors (Lipinski definition) is 1. The molecule has 0 unspecified atom stereocenters. The van der Waals surface area contributed by atoms with Crippen molar-refractivity contribution in [3.63, 3.8) is 0 Å². The van der Waals surface area contributed by atoms with Crippen molar-refractivity contribution < 1.29 is 22.0 Å². The zero-order chi connectivity index (χ0) is 23.1. The molecule has 9 heteroatoms. The molecular formula is C23H21F2N3O3S. The number of amides is 1. The molecule has 0 aliphatic carbocycles. The smallest absolute Gasteiger partial charge is 0.255 e. The summed E-state index contributed by atoms with van der Waals surface area (Å²) in [6.45, 7) is 0.848. The fourth-order valence-corrected chi connectivity index (χ4v) is 4.23. The Morgan fingerprint density at radius 2 is 1.59 bits per heavy atom. The normalized spacial score (nSPS) is 11.8. The molecule has 0 saturated heterocycles. The highest BCUT2D eigenvalue weighted by Crippen LogP contribution is 2.20. The van der Waals surface area contributed by atoms with Crippen molar-refractivity contribution in [3.05, 3.63) is 101 Å². The number of benzene rings is 3. The topological polar surface area (TPSA) is 78.8 Å². The fourth-order valence-electron chi connectivity index (χ4n) is 2.85. The average Bonchev–Trinajstić information content (AvgIpc) is 2.76. The van der Waals surface area contributed by atoms with Crippen LogP contribution in [-0.4, -0.2) is 31.4 Å². The van der Waals surface area contributed by atoms with Gasteiger partial charge in [-0.3, -0.25) is 4.79 Å². The minimum Gasteiger partial charge on any atom is -0.272 e. The number of nitrogens with zero attached hydrogens (tertiary/aromatic N) is 2. The van der Waals surface area contributed by atoms with E-state index in [1.54, 1.807) is 24.3 Å². The molecule has 166 valence electrons. The van der Waals surface area contributed by atoms with Crippen LogP contribution in [0.4, 0.5) is 8.78 Å². The van der Waals surface area contributed by atoms with Gasteiger partial charge in [-0.25, -0.2) is 22.6 Å². The number of hydrazone groups is 1. The van der Waals surface area contributed by atoms with E-state index in [0.29, 0.717) is 0 Å². The van der Waals surface area contributed by atoms with Crippen molar-refractivity contribution in [3.8, 4) is 0 Å². The highest BCUT2D eigenvalue weighted by Gasteiger charge is 2.27. The van der Waals surface area contributed by atoms with E-state index in [-0.39, 0.29) is 22.6 Å². The standard InChI is InChI=1S/C23H21F2N3O3S/c1-17-10-12-20(13-11-17)32(30,31)28(15-19-7-3-5-9-22(19)25)16-23(29)27-26-14-18-6-2-4-8-21(18)24/h2-14H,15-16H2,1H3,(H,27,29)/b26-14+. The predicted octanol–water partition coefficient (Wildman–Crippen LogP) is 3.61. The Balaban J connectivity index is 1.82. The number of halogens is 2. The van der Waals surface area contributed by atoms with Crippen LogP contribution in [0.2, 0.25) is 0 Å². The first-order chi connectivity index (χ1) is 15.3. The number of hydrogen-bond acceptors (Lipinski definition) is 4. The van der Waals surface area contributed by atoms with Gasteiger partial charge in [0.1, 0.15) is 11.6 Å². The lowest BCUT2D eigenvalue weighted by atomic mass is 10.2. The van der Waals surface area contributed by atoms with Gasteiger partial charge in [-0.2, -0.15) is 9.41 Å². The van der Waals surface area contributed by atoms with Crippen LogP contribution in [0.1, 0.15) is 16.7 Å². The maximum atomic E-state index is 14.2. The summed E-state index contributed by atoms with van der Waals surface area (Å²) in [4.78, 5) is 12.4. The van der Waals surface area contributed by atoms with Crippen molar-refractivity contribution in [1.29, 1.82) is 0 Å². The summed E-state index contributed by atoms with van der Waals surface area (Å²) in [5.41, 5.74) is 3.32. The van der Waals surface area contributed by atoms with Crippen LogP contribution in [0, 0.1) is 18.6 Å². The first kappa shape index (κ1) is 23.2. The van der Waals surface area contributed by atoms with E-state index in [2.05, 4.69) is 10.5 Å². The molecule has 0 saturated carbocycles. The number of carbonyl (C=O) groups is 1. The third-order valence-electron chi connectivity index (χ3n) is 4.58. The molecule has 3 aromatic carbocycles. The van der Waals surface area contributed by atoms with E-state index >= 15 is 0 Å². The Morgan fingerprint density at radius 1 is 0.969 bits per heavy atom. The van der Waals surface area contributed by atoms with Gasteiger partial charge in [-0.1, -0.05) is 54.1 Å². The number of sulfonamides is 1. The highest BCUT2D eigenvalue weighted by molar-refractivity contribution is 7.89. The van der Waals surface area contributed by atoms with E-state index in [1.165, 1.54) is 48.5 Å². The SMILES string of the molecule is Cc1ccc(S(=O)(=O)N(CC(=O)N/N=C/c2ccccc2F)Cc2ccccc2F)cc1. The summed E-state index contributed by atoms with van der Waals surface area (Å²) in [7, 11) is -4.12. The molecule has 0 bridgehead atoms. The van der Waals surface area contributed by atoms with E-state index in [9.17, 15) is 22.0 Å². The van der Waals surface area contributed by atoms with Crippen LogP contribution in [0.25, 0.3) is 0 Å². The molecule has 0 radical (unpaired) electrons. The van der Waals surface area contributed by atoms with Gasteiger partial charge in [0.2, 0.25) is 10.0 Å². The Kier molecular flexibility index (Phi) is 7.45. The van der Waals surface area contributed by atoms with E-state index < -0.39 is 34.1 Å². The number of carbonyl (C=O) groups excluding carboxylic acids is 1. The second kappa shape index (κ2) is 10.3. The molecule has 0 spiro atoms. The Morgan fingerprint density at radius 3 is 2.25 bits per heavy atom. The van der Waals surface area contributed by atoms with Crippen molar-refractivity contribution in [2.75, 3.05) is 6.54 Å². The molecule has 32 heavy (non-hydrogen) atoms. The minimum atomic E-state index is -4.12. The third kappa shape index (κ3) is 5.83. The van der Waals surface area contributed by atoms with Gasteiger partial charge in [0.25, 0.3) is 5.91 Å². The first-order valence-corrected chi connectivity index (χ1v) is 11.1. The average molecular weight is 458 g/mol. The van der Waals surface area contributed by atoms with Crippen LogP contribution < -0.4 is 5.43 Å². The second-order valence-electron chi connectivity index (χ2n) is 6.99. The van der Waals surface area contributed by atoms with E-state index in [0.717, 1.165) is 16.1 Å². The van der Waals surface area contributed by atoms with Crippen LogP contribution in [0.15, 0.2) is 82.8 Å². The van der Waals surface area contributed by atoms with Gasteiger partial charge < -0.3 is 0 Å². The molecule has 0 aliphatic heterocycles. The van der Waals surface area contributed by atoms with Crippen molar-refractivity contribution in [2.45, 2.75) is 18.4 Å². The fraction of sp³-hybridized carbons (Fsp3) is 0.130. The molecule has 3 aromatic rings. The molecule has 3 rings (SSSR count). The molecule has 1 amide bonds. The minimum absolute atomic E-state index is 0.0258. The maximum absolute atomic E-state index is 14.2. The van der Waals surface area contributed by atoms with Crippen LogP contribution >= 0.6 is 0 Å². The van der Waals surface area contributed by atoms with Crippen molar-refractivity contribution in [2.24, 2.45) is 5.10 Å². The third-order valence-corrected chi connectivity index (χ3v) is 6.39. The first-order valence-electron chi connectivity index (χ1n) is 9.64. The molecule has 0 atom stereocenters. The lowest BCUT2D eigenvalue weighted by molar-refractivity contribution is -0.121. The highest BCUT2D eigenvalue weighted by atomic mass is 32.2. The molecule has 0 heterocycles. The molecule has 0 fully saturated rings. The zero-order valence-electron chi connectivity index (χ0n) is 17.2. The van der Waals surface area contributed by atoms with Crippen LogP contribution in [0.5, 0.6) is 0 Å². The number of rotatable bonds is 8. The molecule has 0 aromatic heterocycles. The van der Waals surface area contributed by atoms with Crippen LogP contribution in [-0.2, 0) is 21.4 Å². The summed E-state index contributed by atoms with van der Waals surface area (Å²) in [6, 6.07) is 17.7. The summed E-state index contributed by atoms with van der Waals surface area (Å²) >= 11 is 0. The summed E-state index contributed by atoms with van der Waals surface area (Å²) in [6.07, 6.45) is 1.11. The second-order valence-corrected chi connectivity index (χ2v) is 8.93. The monoisotopic (exact) mass is 457 g/mol. The Bertz CT molecular complexity index is 1230. The Labute approximate surface area is 185 Å². The molecule has 1 N–H and O–H groups in total. The summed E-state index contributed by atoms with van der Waals surface area (Å²) in [5.74, 6) is -1.87. The van der Waals surface area contributed by atoms with Gasteiger partial charge in [-0.15, -0.1) is 0 Å². The van der Waals surface area contributed by atoms with Gasteiger partial charge in [0.15, 0.2) is 0 Å². The largest absolute Gasteiger partial charge is 0.272 e. The van der Waals surface area contributed by atoms with E-state index in [1.807, 2.05) is 6.92 Å². The lowest BCUT2D eigenvalue weighted by Gasteiger charge is -2.22. The Hall–Kier alpha value is -3.43. The van der Waals surface area contributed by atoms with Gasteiger partial charge >= 0.3 is 0 Å². The van der Waals surface area contributed by atoms with Crippen molar-refractivity contribution in [1.82, 2.24) is 9.73 Å². The quantitative estimate of drug-likeness (QED) is 0.415. The van der Waals surface area contributed by atoms with Gasteiger partial charge in [0, 0.05) is 17.7 Å². The molecular weight excluding hydrogens is 436 g/mol. The van der Waals surface area contributed by atoms with Gasteiger partial charge in [0.05, 0.1) is 17.7 Å². The molecule has 0 aliphatic rings. The number of nitrogens with one attached hydrogen (secondary N) is 1. The van der Waals surface area contributed by atoms with Gasteiger partial charge in [-0.05, 0) is 31.2 Å². The summed E-state index contributed by atoms with van der Waals surface area (Å²) in [5, 5.41) is 3.69. The zero-order valence-corrected chi connectivity index (χ0v) is 18.0. The number of aryl methyl sites for hydroxylation is 1. The lowest BCUT2D eigenvalue weighted by Crippen LogP contribution is -2.39. The predicted molar refractivity (Wildman–Crippen MR) is 117 cm³/mol. The van der Waals surface area contributed by atoms with Crippen LogP contribution in [0.3, 0.4) is 0 Å². The van der Waals surface area contributed by atoms with Crippen molar-refractivity contribution >= 4 is 22.1 Å².